The first-order chi connectivity index (χ1) is 3.56. The molecule has 0 aromatic rings. The van der Waals surface area contributed by atoms with Crippen molar-refractivity contribution in [3.05, 3.63) is 0 Å². The Balaban J connectivity index is 3.11. The second-order valence-electron chi connectivity index (χ2n) is 2.61. The van der Waals surface area contributed by atoms with Crippen LogP contribution in [0.4, 0.5) is 0 Å². The molecule has 0 N–H and O–H groups in total. The molecule has 4 radical (unpaired) electrons. The minimum atomic E-state index is -0.448. The lowest BCUT2D eigenvalue weighted by Crippen LogP contribution is -2.06. The molecular weight excluding hydrogens is 93.7 g/mol. The van der Waals surface area contributed by atoms with Crippen molar-refractivity contribution in [2.24, 2.45) is 0 Å². The molecule has 0 nitrogen and oxygen atoms in total. The van der Waals surface area contributed by atoms with Crippen molar-refractivity contribution in [2.45, 2.75) is 38.3 Å². The first-order valence-corrected chi connectivity index (χ1v) is 3.14. The maximum Gasteiger partial charge on any atom is 0.0617 e. The molecule has 0 aliphatic heterocycles. The Morgan fingerprint density at radius 3 is 2.00 bits per heavy atom. The van der Waals surface area contributed by atoms with Gasteiger partial charge in [0.05, 0.1) is 15.7 Å². The van der Waals surface area contributed by atoms with Gasteiger partial charge in [0.15, 0.2) is 0 Å². The van der Waals surface area contributed by atoms with Gasteiger partial charge in [0.1, 0.15) is 0 Å². The molecule has 0 spiro atoms. The fraction of sp³-hybridized carbons (Fsp3) is 1.00. The largest absolute Gasteiger partial charge is 0.102 e. The van der Waals surface area contributed by atoms with Crippen LogP contribution in [-0.2, 0) is 0 Å². The maximum absolute atomic E-state index is 5.50. The quantitative estimate of drug-likeness (QED) is 0.479. The Morgan fingerprint density at radius 2 is 1.88 bits per heavy atom. The molecule has 0 unspecified atom stereocenters. The van der Waals surface area contributed by atoms with E-state index in [1.807, 2.05) is 6.92 Å². The van der Waals surface area contributed by atoms with E-state index in [0.717, 1.165) is 12.8 Å². The van der Waals surface area contributed by atoms with Crippen LogP contribution in [0.1, 0.15) is 33.1 Å². The average Bonchev–Trinajstić information content (AvgIpc) is 1.59. The summed E-state index contributed by atoms with van der Waals surface area (Å²) in [5.74, 6) is 0. The highest BCUT2D eigenvalue weighted by molar-refractivity contribution is 6.39. The summed E-state index contributed by atoms with van der Waals surface area (Å²) >= 11 is 0. The Bertz CT molecular complexity index is 54.0. The molecule has 2 heteroatoms. The number of hydrogen-bond donors (Lipinski definition) is 0. The van der Waals surface area contributed by atoms with Crippen molar-refractivity contribution in [1.82, 2.24) is 0 Å². The third-order valence-corrected chi connectivity index (χ3v) is 1.07. The molecule has 0 aliphatic rings. The minimum Gasteiger partial charge on any atom is -0.102 e. The highest BCUT2D eigenvalue weighted by Gasteiger charge is 2.06. The minimum absolute atomic E-state index is 0.448. The van der Waals surface area contributed by atoms with Gasteiger partial charge in [-0.2, -0.15) is 0 Å². The van der Waals surface area contributed by atoms with E-state index in [2.05, 4.69) is 6.92 Å². The van der Waals surface area contributed by atoms with Crippen LogP contribution < -0.4 is 0 Å². The maximum atomic E-state index is 5.50. The number of rotatable bonds is 3. The lowest BCUT2D eigenvalue weighted by Gasteiger charge is -2.17. The average molecular weight is 106 g/mol. The summed E-state index contributed by atoms with van der Waals surface area (Å²) in [4.78, 5) is 0. The van der Waals surface area contributed by atoms with Crippen LogP contribution in [0.2, 0.25) is 5.21 Å². The molecule has 0 aliphatic carbocycles. The van der Waals surface area contributed by atoms with E-state index in [1.54, 1.807) is 0 Å². The molecule has 0 aromatic heterocycles. The molecular formula is C6H12B2. The van der Waals surface area contributed by atoms with Crippen LogP contribution in [0.5, 0.6) is 0 Å². The van der Waals surface area contributed by atoms with E-state index in [-0.39, 0.29) is 0 Å². The zero-order valence-corrected chi connectivity index (χ0v) is 5.78. The van der Waals surface area contributed by atoms with Gasteiger partial charge in [-0.25, -0.2) is 0 Å². The molecule has 0 saturated heterocycles. The van der Waals surface area contributed by atoms with Crippen molar-refractivity contribution in [3.63, 3.8) is 0 Å². The lowest BCUT2D eigenvalue weighted by atomic mass is 9.54. The van der Waals surface area contributed by atoms with Gasteiger partial charge < -0.3 is 0 Å². The molecule has 0 rings (SSSR count). The van der Waals surface area contributed by atoms with Gasteiger partial charge in [-0.15, -0.1) is 5.21 Å². The first-order valence-electron chi connectivity index (χ1n) is 3.14. The van der Waals surface area contributed by atoms with Crippen molar-refractivity contribution in [3.8, 4) is 0 Å². The smallest absolute Gasteiger partial charge is 0.0617 e. The predicted octanol–water partition coefficient (Wildman–Crippen LogP) is 1.65. The SMILES string of the molecule is [B]C([B])(C)CCCC. The van der Waals surface area contributed by atoms with Crippen LogP contribution >= 0.6 is 0 Å². The van der Waals surface area contributed by atoms with E-state index in [1.165, 1.54) is 6.42 Å². The third-order valence-electron chi connectivity index (χ3n) is 1.07. The van der Waals surface area contributed by atoms with Gasteiger partial charge >= 0.3 is 0 Å². The second kappa shape index (κ2) is 3.21. The molecule has 0 amide bonds. The first kappa shape index (κ1) is 8.13. The molecule has 0 atom stereocenters. The number of unbranched alkanes of at least 4 members (excludes halogenated alkanes) is 1. The summed E-state index contributed by atoms with van der Waals surface area (Å²) in [6.07, 6.45) is 3.22. The Labute approximate surface area is 54.9 Å². The normalized spacial score (nSPS) is 11.8. The molecule has 0 saturated carbocycles. The van der Waals surface area contributed by atoms with Crippen LogP contribution in [0.3, 0.4) is 0 Å². The van der Waals surface area contributed by atoms with E-state index < -0.39 is 5.21 Å². The summed E-state index contributed by atoms with van der Waals surface area (Å²) in [7, 11) is 11.0. The molecule has 0 heterocycles. The monoisotopic (exact) mass is 106 g/mol. The van der Waals surface area contributed by atoms with Gasteiger partial charge in [-0.1, -0.05) is 33.1 Å². The van der Waals surface area contributed by atoms with E-state index in [9.17, 15) is 0 Å². The Kier molecular flexibility index (Phi) is 3.27. The fourth-order valence-corrected chi connectivity index (χ4v) is 0.558. The summed E-state index contributed by atoms with van der Waals surface area (Å²) in [5, 5.41) is -0.448. The van der Waals surface area contributed by atoms with E-state index in [4.69, 9.17) is 15.7 Å². The third kappa shape index (κ3) is 6.13. The van der Waals surface area contributed by atoms with Crippen molar-refractivity contribution in [2.75, 3.05) is 0 Å². The standard InChI is InChI=1S/C6H12B2/c1-3-4-5-6(2,7)8/h3-5H2,1-2H3. The van der Waals surface area contributed by atoms with Crippen LogP contribution in [0, 0.1) is 0 Å². The van der Waals surface area contributed by atoms with Crippen LogP contribution in [-0.4, -0.2) is 15.7 Å². The predicted molar refractivity (Wildman–Crippen MR) is 39.4 cm³/mol. The van der Waals surface area contributed by atoms with Gasteiger partial charge in [0, 0.05) is 0 Å². The van der Waals surface area contributed by atoms with Gasteiger partial charge in [-0.05, 0) is 0 Å². The summed E-state index contributed by atoms with van der Waals surface area (Å²) in [5.41, 5.74) is 0. The van der Waals surface area contributed by atoms with Crippen molar-refractivity contribution in [1.29, 1.82) is 0 Å². The van der Waals surface area contributed by atoms with Crippen LogP contribution in [0.15, 0.2) is 0 Å². The Morgan fingerprint density at radius 1 is 1.38 bits per heavy atom. The van der Waals surface area contributed by atoms with Crippen molar-refractivity contribution >= 4 is 15.7 Å². The van der Waals surface area contributed by atoms with Crippen LogP contribution in [0.25, 0.3) is 0 Å². The number of hydrogen-bond acceptors (Lipinski definition) is 0. The molecule has 42 valence electrons. The zero-order valence-electron chi connectivity index (χ0n) is 5.78. The van der Waals surface area contributed by atoms with Gasteiger partial charge in [0.2, 0.25) is 0 Å². The highest BCUT2D eigenvalue weighted by atomic mass is 14.0. The van der Waals surface area contributed by atoms with E-state index >= 15 is 0 Å². The molecule has 8 heavy (non-hydrogen) atoms. The zero-order chi connectivity index (χ0) is 6.62. The Hall–Kier alpha value is 0.130. The van der Waals surface area contributed by atoms with Gasteiger partial charge in [-0.3, -0.25) is 0 Å². The summed E-state index contributed by atoms with van der Waals surface area (Å²) in [6.45, 7) is 3.98. The highest BCUT2D eigenvalue weighted by Crippen LogP contribution is 2.21. The fourth-order valence-electron chi connectivity index (χ4n) is 0.558. The molecule has 0 aromatic carbocycles. The van der Waals surface area contributed by atoms with Gasteiger partial charge in [0.25, 0.3) is 0 Å². The van der Waals surface area contributed by atoms with Crippen molar-refractivity contribution < 1.29 is 0 Å². The second-order valence-corrected chi connectivity index (χ2v) is 2.61. The molecule has 0 bridgehead atoms. The molecule has 0 fully saturated rings. The van der Waals surface area contributed by atoms with E-state index in [0.29, 0.717) is 0 Å². The summed E-state index contributed by atoms with van der Waals surface area (Å²) in [6, 6.07) is 0. The summed E-state index contributed by atoms with van der Waals surface area (Å²) < 4.78 is 0. The lowest BCUT2D eigenvalue weighted by molar-refractivity contribution is 0.661. The topological polar surface area (TPSA) is 0 Å².